The number of nitrogen functional groups attached to an aromatic ring is 1. The van der Waals surface area contributed by atoms with Gasteiger partial charge in [-0.05, 0) is 25.0 Å². The van der Waals surface area contributed by atoms with E-state index in [1.54, 1.807) is 0 Å². The molecule has 1 fully saturated rings. The summed E-state index contributed by atoms with van der Waals surface area (Å²) >= 11 is 0. The summed E-state index contributed by atoms with van der Waals surface area (Å²) in [6.45, 7) is 0.766. The van der Waals surface area contributed by atoms with Gasteiger partial charge in [0, 0.05) is 12.3 Å². The van der Waals surface area contributed by atoms with Crippen LogP contribution in [-0.4, -0.2) is 16.7 Å². The number of para-hydroxylation sites is 1. The van der Waals surface area contributed by atoms with E-state index in [0.29, 0.717) is 17.4 Å². The highest BCUT2D eigenvalue weighted by Gasteiger charge is 2.23. The SMILES string of the molecule is Nc1ccccc1-c1nc(C2CCCO2)no1. The third-order valence-corrected chi connectivity index (χ3v) is 2.85. The molecule has 1 aliphatic heterocycles. The second-order valence-corrected chi connectivity index (χ2v) is 4.05. The molecule has 2 aromatic rings. The maximum atomic E-state index is 5.86. The van der Waals surface area contributed by atoms with E-state index >= 15 is 0 Å². The molecule has 0 saturated carbocycles. The topological polar surface area (TPSA) is 74.2 Å². The standard InChI is InChI=1S/C12H13N3O2/c13-9-5-2-1-4-8(9)12-14-11(15-17-12)10-6-3-7-16-10/h1-2,4-5,10H,3,6-7,13H2. The van der Waals surface area contributed by atoms with Gasteiger partial charge in [-0.25, -0.2) is 0 Å². The van der Waals surface area contributed by atoms with Crippen LogP contribution in [0, 0.1) is 0 Å². The molecule has 0 spiro atoms. The van der Waals surface area contributed by atoms with Crippen molar-refractivity contribution < 1.29 is 9.26 Å². The van der Waals surface area contributed by atoms with Gasteiger partial charge < -0.3 is 15.0 Å². The normalized spacial score (nSPS) is 19.6. The van der Waals surface area contributed by atoms with Gasteiger partial charge in [-0.2, -0.15) is 4.98 Å². The Bertz CT molecular complexity index is 518. The smallest absolute Gasteiger partial charge is 0.260 e. The lowest BCUT2D eigenvalue weighted by molar-refractivity contribution is 0.103. The summed E-state index contributed by atoms with van der Waals surface area (Å²) < 4.78 is 10.7. The van der Waals surface area contributed by atoms with Crippen molar-refractivity contribution in [2.75, 3.05) is 12.3 Å². The first-order chi connectivity index (χ1) is 8.34. The van der Waals surface area contributed by atoms with Crippen LogP contribution in [0.15, 0.2) is 28.8 Å². The number of nitrogens with zero attached hydrogens (tertiary/aromatic N) is 2. The zero-order chi connectivity index (χ0) is 11.7. The Morgan fingerprint density at radius 2 is 2.18 bits per heavy atom. The zero-order valence-corrected chi connectivity index (χ0v) is 9.30. The highest BCUT2D eigenvalue weighted by molar-refractivity contribution is 5.69. The molecule has 17 heavy (non-hydrogen) atoms. The van der Waals surface area contributed by atoms with Crippen molar-refractivity contribution in [1.29, 1.82) is 0 Å². The van der Waals surface area contributed by atoms with E-state index in [0.717, 1.165) is 25.0 Å². The third-order valence-electron chi connectivity index (χ3n) is 2.85. The number of rotatable bonds is 2. The predicted octanol–water partition coefficient (Wildman–Crippen LogP) is 2.17. The Labute approximate surface area is 98.6 Å². The molecule has 2 heterocycles. The highest BCUT2D eigenvalue weighted by atomic mass is 16.5. The summed E-state index contributed by atoms with van der Waals surface area (Å²) in [5.41, 5.74) is 7.26. The van der Waals surface area contributed by atoms with Crippen LogP contribution in [0.25, 0.3) is 11.5 Å². The molecule has 5 heteroatoms. The fourth-order valence-corrected chi connectivity index (χ4v) is 1.95. The van der Waals surface area contributed by atoms with Crippen molar-refractivity contribution in [2.24, 2.45) is 0 Å². The van der Waals surface area contributed by atoms with Gasteiger partial charge in [0.2, 0.25) is 5.82 Å². The molecule has 5 nitrogen and oxygen atoms in total. The molecule has 3 rings (SSSR count). The summed E-state index contributed by atoms with van der Waals surface area (Å²) in [4.78, 5) is 4.34. The molecule has 0 aliphatic carbocycles. The van der Waals surface area contributed by atoms with Gasteiger partial charge in [0.05, 0.1) is 5.56 Å². The Morgan fingerprint density at radius 1 is 1.29 bits per heavy atom. The Morgan fingerprint density at radius 3 is 2.94 bits per heavy atom. The van der Waals surface area contributed by atoms with Gasteiger partial charge in [-0.15, -0.1) is 0 Å². The first kappa shape index (κ1) is 10.3. The number of ether oxygens (including phenoxy) is 1. The van der Waals surface area contributed by atoms with Crippen LogP contribution in [0.2, 0.25) is 0 Å². The number of benzene rings is 1. The molecular weight excluding hydrogens is 218 g/mol. The van der Waals surface area contributed by atoms with Crippen molar-refractivity contribution in [2.45, 2.75) is 18.9 Å². The lowest BCUT2D eigenvalue weighted by Crippen LogP contribution is -1.98. The minimum absolute atomic E-state index is 0.0302. The minimum atomic E-state index is -0.0302. The van der Waals surface area contributed by atoms with E-state index in [9.17, 15) is 0 Å². The van der Waals surface area contributed by atoms with Crippen molar-refractivity contribution in [3.63, 3.8) is 0 Å². The second-order valence-electron chi connectivity index (χ2n) is 4.05. The van der Waals surface area contributed by atoms with Gasteiger partial charge >= 0.3 is 0 Å². The lowest BCUT2D eigenvalue weighted by Gasteiger charge is -2.01. The van der Waals surface area contributed by atoms with E-state index in [2.05, 4.69) is 10.1 Å². The highest BCUT2D eigenvalue weighted by Crippen LogP contribution is 2.29. The van der Waals surface area contributed by atoms with Gasteiger partial charge in [0.1, 0.15) is 6.10 Å². The summed E-state index contributed by atoms with van der Waals surface area (Å²) in [7, 11) is 0. The van der Waals surface area contributed by atoms with Gasteiger partial charge in [0.15, 0.2) is 0 Å². The molecule has 1 aromatic carbocycles. The van der Waals surface area contributed by atoms with Crippen LogP contribution < -0.4 is 5.73 Å². The largest absolute Gasteiger partial charge is 0.398 e. The maximum Gasteiger partial charge on any atom is 0.260 e. The van der Waals surface area contributed by atoms with E-state index in [-0.39, 0.29) is 6.10 Å². The molecule has 0 amide bonds. The summed E-state index contributed by atoms with van der Waals surface area (Å²) in [5.74, 6) is 1.06. The Balaban J connectivity index is 1.92. The summed E-state index contributed by atoms with van der Waals surface area (Å²) in [6.07, 6.45) is 1.96. The molecule has 1 atom stereocenters. The lowest BCUT2D eigenvalue weighted by atomic mass is 10.2. The number of aromatic nitrogens is 2. The zero-order valence-electron chi connectivity index (χ0n) is 9.30. The maximum absolute atomic E-state index is 5.86. The molecule has 88 valence electrons. The summed E-state index contributed by atoms with van der Waals surface area (Å²) in [6, 6.07) is 7.44. The number of hydrogen-bond acceptors (Lipinski definition) is 5. The average molecular weight is 231 g/mol. The Hall–Kier alpha value is -1.88. The van der Waals surface area contributed by atoms with Crippen molar-refractivity contribution in [3.8, 4) is 11.5 Å². The van der Waals surface area contributed by atoms with Crippen LogP contribution in [0.5, 0.6) is 0 Å². The molecule has 0 radical (unpaired) electrons. The first-order valence-corrected chi connectivity index (χ1v) is 5.64. The quantitative estimate of drug-likeness (QED) is 0.802. The average Bonchev–Trinajstić information content (AvgIpc) is 3.00. The monoisotopic (exact) mass is 231 g/mol. The van der Waals surface area contributed by atoms with E-state index in [4.69, 9.17) is 15.0 Å². The van der Waals surface area contributed by atoms with Crippen LogP contribution in [0.3, 0.4) is 0 Å². The van der Waals surface area contributed by atoms with Gasteiger partial charge in [-0.1, -0.05) is 17.3 Å². The number of nitrogens with two attached hydrogens (primary N) is 1. The van der Waals surface area contributed by atoms with Crippen LogP contribution in [-0.2, 0) is 4.74 Å². The van der Waals surface area contributed by atoms with Crippen LogP contribution >= 0.6 is 0 Å². The minimum Gasteiger partial charge on any atom is -0.398 e. The van der Waals surface area contributed by atoms with Crippen LogP contribution in [0.1, 0.15) is 24.8 Å². The molecule has 2 N–H and O–H groups in total. The number of anilines is 1. The van der Waals surface area contributed by atoms with Gasteiger partial charge in [0.25, 0.3) is 5.89 Å². The fourth-order valence-electron chi connectivity index (χ4n) is 1.95. The van der Waals surface area contributed by atoms with E-state index in [1.807, 2.05) is 24.3 Å². The molecule has 1 unspecified atom stereocenters. The van der Waals surface area contributed by atoms with Crippen LogP contribution in [0.4, 0.5) is 5.69 Å². The van der Waals surface area contributed by atoms with E-state index < -0.39 is 0 Å². The molecule has 1 saturated heterocycles. The predicted molar refractivity (Wildman–Crippen MR) is 62.1 cm³/mol. The molecule has 0 bridgehead atoms. The van der Waals surface area contributed by atoms with Gasteiger partial charge in [-0.3, -0.25) is 0 Å². The molecule has 1 aromatic heterocycles. The van der Waals surface area contributed by atoms with Crippen molar-refractivity contribution in [3.05, 3.63) is 30.1 Å². The van der Waals surface area contributed by atoms with E-state index in [1.165, 1.54) is 0 Å². The Kier molecular flexibility index (Phi) is 2.53. The second kappa shape index (κ2) is 4.18. The third kappa shape index (κ3) is 1.89. The summed E-state index contributed by atoms with van der Waals surface area (Å²) in [5, 5.41) is 3.95. The van der Waals surface area contributed by atoms with Crippen molar-refractivity contribution in [1.82, 2.24) is 10.1 Å². The molecular formula is C12H13N3O2. The van der Waals surface area contributed by atoms with Crippen molar-refractivity contribution >= 4 is 5.69 Å². The fraction of sp³-hybridized carbons (Fsp3) is 0.333. The molecule has 1 aliphatic rings. The number of hydrogen-bond donors (Lipinski definition) is 1. The first-order valence-electron chi connectivity index (χ1n) is 5.64.